The van der Waals surface area contributed by atoms with Gasteiger partial charge >= 0.3 is 6.03 Å². The summed E-state index contributed by atoms with van der Waals surface area (Å²) in [5.74, 6) is -1.37. The minimum absolute atomic E-state index is 0.228. The van der Waals surface area contributed by atoms with E-state index in [1.807, 2.05) is 6.92 Å². The van der Waals surface area contributed by atoms with Gasteiger partial charge < -0.3 is 15.6 Å². The van der Waals surface area contributed by atoms with Crippen molar-refractivity contribution in [1.82, 2.24) is 10.3 Å². The van der Waals surface area contributed by atoms with Crippen LogP contribution in [0.4, 0.5) is 19.3 Å². The van der Waals surface area contributed by atoms with E-state index in [1.165, 1.54) is 18.3 Å². The standard InChI is InChI=1S/C17H19F2N3O2/c1-3-4-15(13-6-5-11(18)8-14(13)19)22-17(24)21-12-7-10(2)16(23)20-9-12/h5-9,15H,3-4H2,1-2H3,(H,20,23)(H2,21,22,24). The molecule has 0 aliphatic carbocycles. The zero-order valence-corrected chi connectivity index (χ0v) is 13.5. The molecular formula is C17H19F2N3O2. The Morgan fingerprint density at radius 1 is 1.29 bits per heavy atom. The van der Waals surface area contributed by atoms with Crippen LogP contribution in [0, 0.1) is 18.6 Å². The number of carbonyl (C=O) groups is 1. The third-order valence-corrected chi connectivity index (χ3v) is 3.57. The molecule has 5 nitrogen and oxygen atoms in total. The molecule has 3 N–H and O–H groups in total. The molecule has 2 amide bonds. The van der Waals surface area contributed by atoms with E-state index in [-0.39, 0.29) is 11.1 Å². The number of benzene rings is 1. The molecule has 2 aromatic rings. The summed E-state index contributed by atoms with van der Waals surface area (Å²) < 4.78 is 27.0. The number of H-pyrrole nitrogens is 1. The molecule has 24 heavy (non-hydrogen) atoms. The summed E-state index contributed by atoms with van der Waals surface area (Å²) >= 11 is 0. The molecule has 0 spiro atoms. The van der Waals surface area contributed by atoms with Crippen LogP contribution in [0.25, 0.3) is 0 Å². The van der Waals surface area contributed by atoms with Crippen molar-refractivity contribution in [1.29, 1.82) is 0 Å². The lowest BCUT2D eigenvalue weighted by atomic mass is 10.0. The van der Waals surface area contributed by atoms with Gasteiger partial charge in [-0.2, -0.15) is 0 Å². The molecule has 1 atom stereocenters. The Kier molecular flexibility index (Phi) is 5.68. The summed E-state index contributed by atoms with van der Waals surface area (Å²) in [5, 5.41) is 5.26. The lowest BCUT2D eigenvalue weighted by Gasteiger charge is -2.19. The number of hydrogen-bond acceptors (Lipinski definition) is 2. The molecule has 0 aliphatic heterocycles. The number of aromatic amines is 1. The fourth-order valence-electron chi connectivity index (χ4n) is 2.37. The average Bonchev–Trinajstić information content (AvgIpc) is 2.50. The lowest BCUT2D eigenvalue weighted by Crippen LogP contribution is -2.33. The first-order valence-electron chi connectivity index (χ1n) is 7.62. The predicted octanol–water partition coefficient (Wildman–Crippen LogP) is 3.62. The molecule has 1 unspecified atom stereocenters. The third kappa shape index (κ3) is 4.41. The second-order valence-corrected chi connectivity index (χ2v) is 5.51. The number of amides is 2. The van der Waals surface area contributed by atoms with Crippen LogP contribution in [0.1, 0.15) is 36.9 Å². The van der Waals surface area contributed by atoms with Crippen molar-refractivity contribution < 1.29 is 13.6 Å². The summed E-state index contributed by atoms with van der Waals surface area (Å²) in [6.07, 6.45) is 2.59. The highest BCUT2D eigenvalue weighted by atomic mass is 19.1. The van der Waals surface area contributed by atoms with Crippen molar-refractivity contribution >= 4 is 11.7 Å². The number of hydrogen-bond donors (Lipinski definition) is 3. The van der Waals surface area contributed by atoms with Crippen LogP contribution in [0.15, 0.2) is 35.3 Å². The number of halogens is 2. The highest BCUT2D eigenvalue weighted by Crippen LogP contribution is 2.22. The molecule has 1 aromatic heterocycles. The van der Waals surface area contributed by atoms with Gasteiger partial charge in [-0.15, -0.1) is 0 Å². The average molecular weight is 335 g/mol. The predicted molar refractivity (Wildman–Crippen MR) is 88.0 cm³/mol. The van der Waals surface area contributed by atoms with Gasteiger partial charge in [-0.05, 0) is 25.5 Å². The van der Waals surface area contributed by atoms with Crippen LogP contribution in [0.5, 0.6) is 0 Å². The Balaban J connectivity index is 2.13. The Morgan fingerprint density at radius 2 is 2.04 bits per heavy atom. The summed E-state index contributed by atoms with van der Waals surface area (Å²) in [6, 6.07) is 3.69. The quantitative estimate of drug-likeness (QED) is 0.781. The Labute approximate surface area is 138 Å². The smallest absolute Gasteiger partial charge is 0.319 e. The van der Waals surface area contributed by atoms with Gasteiger partial charge in [0.15, 0.2) is 0 Å². The zero-order chi connectivity index (χ0) is 17.7. The molecule has 2 rings (SSSR count). The second kappa shape index (κ2) is 7.72. The number of anilines is 1. The van der Waals surface area contributed by atoms with Crippen molar-refractivity contribution in [2.24, 2.45) is 0 Å². The van der Waals surface area contributed by atoms with E-state index < -0.39 is 23.7 Å². The fraction of sp³-hybridized carbons (Fsp3) is 0.294. The third-order valence-electron chi connectivity index (χ3n) is 3.57. The summed E-state index contributed by atoms with van der Waals surface area (Å²) in [7, 11) is 0. The largest absolute Gasteiger partial charge is 0.331 e. The lowest BCUT2D eigenvalue weighted by molar-refractivity contribution is 0.247. The number of aromatic nitrogens is 1. The van der Waals surface area contributed by atoms with Crippen LogP contribution in [0.2, 0.25) is 0 Å². The van der Waals surface area contributed by atoms with E-state index in [4.69, 9.17) is 0 Å². The minimum Gasteiger partial charge on any atom is -0.331 e. The number of urea groups is 1. The molecule has 0 saturated heterocycles. The van der Waals surface area contributed by atoms with Crippen LogP contribution in [-0.4, -0.2) is 11.0 Å². The molecule has 1 aromatic carbocycles. The van der Waals surface area contributed by atoms with Crippen molar-refractivity contribution in [3.05, 3.63) is 63.6 Å². The van der Waals surface area contributed by atoms with E-state index >= 15 is 0 Å². The number of pyridine rings is 1. The molecule has 0 saturated carbocycles. The molecule has 1 heterocycles. The minimum atomic E-state index is -0.700. The van der Waals surface area contributed by atoms with Gasteiger partial charge in [0.1, 0.15) is 11.6 Å². The molecule has 0 bridgehead atoms. The SMILES string of the molecule is CCCC(NC(=O)Nc1c[nH]c(=O)c(C)c1)c1ccc(F)cc1F. The van der Waals surface area contributed by atoms with Crippen molar-refractivity contribution in [3.8, 4) is 0 Å². The highest BCUT2D eigenvalue weighted by molar-refractivity contribution is 5.89. The monoisotopic (exact) mass is 335 g/mol. The summed E-state index contributed by atoms with van der Waals surface area (Å²) in [5.41, 5.74) is 0.867. The van der Waals surface area contributed by atoms with Crippen LogP contribution in [-0.2, 0) is 0 Å². The number of aryl methyl sites for hydroxylation is 1. The molecule has 0 aliphatic rings. The Bertz CT molecular complexity index is 790. The maximum absolute atomic E-state index is 13.9. The molecular weight excluding hydrogens is 316 g/mol. The molecule has 0 fully saturated rings. The van der Waals surface area contributed by atoms with E-state index in [1.54, 1.807) is 6.92 Å². The first-order chi connectivity index (χ1) is 11.4. The maximum Gasteiger partial charge on any atom is 0.319 e. The Morgan fingerprint density at radius 3 is 2.67 bits per heavy atom. The summed E-state index contributed by atoms with van der Waals surface area (Å²) in [4.78, 5) is 25.9. The van der Waals surface area contributed by atoms with Crippen molar-refractivity contribution in [2.75, 3.05) is 5.32 Å². The Hall–Kier alpha value is -2.70. The van der Waals surface area contributed by atoms with Gasteiger partial charge in [0, 0.05) is 23.4 Å². The van der Waals surface area contributed by atoms with Crippen LogP contribution < -0.4 is 16.2 Å². The molecule has 7 heteroatoms. The fourth-order valence-corrected chi connectivity index (χ4v) is 2.37. The van der Waals surface area contributed by atoms with Gasteiger partial charge in [-0.1, -0.05) is 19.4 Å². The van der Waals surface area contributed by atoms with E-state index in [9.17, 15) is 18.4 Å². The number of nitrogens with one attached hydrogen (secondary N) is 3. The van der Waals surface area contributed by atoms with Crippen LogP contribution >= 0.6 is 0 Å². The number of rotatable bonds is 5. The summed E-state index contributed by atoms with van der Waals surface area (Å²) in [6.45, 7) is 3.52. The van der Waals surface area contributed by atoms with E-state index in [2.05, 4.69) is 15.6 Å². The number of carbonyl (C=O) groups excluding carboxylic acids is 1. The van der Waals surface area contributed by atoms with E-state index in [0.717, 1.165) is 12.1 Å². The topological polar surface area (TPSA) is 74.0 Å². The maximum atomic E-state index is 13.9. The van der Waals surface area contributed by atoms with Gasteiger partial charge in [0.05, 0.1) is 11.7 Å². The molecule has 0 radical (unpaired) electrons. The van der Waals surface area contributed by atoms with Gasteiger partial charge in [-0.25, -0.2) is 13.6 Å². The van der Waals surface area contributed by atoms with Gasteiger partial charge in [0.2, 0.25) is 0 Å². The van der Waals surface area contributed by atoms with E-state index in [0.29, 0.717) is 24.1 Å². The second-order valence-electron chi connectivity index (χ2n) is 5.51. The zero-order valence-electron chi connectivity index (χ0n) is 13.5. The van der Waals surface area contributed by atoms with Gasteiger partial charge in [0.25, 0.3) is 5.56 Å². The highest BCUT2D eigenvalue weighted by Gasteiger charge is 2.18. The normalized spacial score (nSPS) is 11.8. The van der Waals surface area contributed by atoms with Crippen molar-refractivity contribution in [3.63, 3.8) is 0 Å². The first-order valence-corrected chi connectivity index (χ1v) is 7.62. The van der Waals surface area contributed by atoms with Crippen LogP contribution in [0.3, 0.4) is 0 Å². The van der Waals surface area contributed by atoms with Crippen molar-refractivity contribution in [2.45, 2.75) is 32.7 Å². The first kappa shape index (κ1) is 17.7. The van der Waals surface area contributed by atoms with Gasteiger partial charge in [-0.3, -0.25) is 4.79 Å². The molecule has 128 valence electrons.